The summed E-state index contributed by atoms with van der Waals surface area (Å²) in [7, 11) is 0. The summed E-state index contributed by atoms with van der Waals surface area (Å²) in [6.07, 6.45) is 4.37. The monoisotopic (exact) mass is 414 g/mol. The van der Waals surface area contributed by atoms with Gasteiger partial charge in [-0.05, 0) is 55.8 Å². The number of benzene rings is 2. The number of aliphatic hydroxyl groups excluding tert-OH is 1. The lowest BCUT2D eigenvalue weighted by Gasteiger charge is -2.48. The van der Waals surface area contributed by atoms with Gasteiger partial charge in [0.25, 0.3) is 0 Å². The average molecular weight is 415 g/mol. The molecule has 2 aliphatic heterocycles. The highest BCUT2D eigenvalue weighted by Crippen LogP contribution is 2.51. The van der Waals surface area contributed by atoms with Crippen LogP contribution in [0.4, 0.5) is 0 Å². The minimum Gasteiger partial charge on any atom is -0.486 e. The number of piperidine rings is 1. The molecule has 3 aromatic rings. The Morgan fingerprint density at radius 1 is 1.06 bits per heavy atom. The number of fused-ring (bicyclic) bond motifs is 2. The van der Waals surface area contributed by atoms with Gasteiger partial charge in [0.15, 0.2) is 0 Å². The van der Waals surface area contributed by atoms with Crippen molar-refractivity contribution in [3.05, 3.63) is 60.3 Å². The van der Waals surface area contributed by atoms with Gasteiger partial charge in [0.05, 0.1) is 17.5 Å². The molecule has 1 aromatic heterocycles. The van der Waals surface area contributed by atoms with Gasteiger partial charge in [-0.2, -0.15) is 0 Å². The second kappa shape index (κ2) is 7.14. The van der Waals surface area contributed by atoms with Crippen LogP contribution in [0.1, 0.15) is 37.4 Å². The summed E-state index contributed by atoms with van der Waals surface area (Å²) in [5.74, 6) is 0.466. The third-order valence-corrected chi connectivity index (χ3v) is 7.18. The lowest BCUT2D eigenvalue weighted by atomic mass is 9.70. The lowest BCUT2D eigenvalue weighted by molar-refractivity contribution is -0.147. The number of ether oxygens (including phenoxy) is 1. The molecule has 0 bridgehead atoms. The van der Waals surface area contributed by atoms with Crippen molar-refractivity contribution in [3.63, 3.8) is 0 Å². The molecule has 2 fully saturated rings. The molecule has 2 unspecified atom stereocenters. The molecule has 6 rings (SSSR count). The summed E-state index contributed by atoms with van der Waals surface area (Å²) in [5, 5.41) is 15.9. The van der Waals surface area contributed by atoms with Gasteiger partial charge in [-0.25, -0.2) is 0 Å². The molecule has 1 saturated heterocycles. The smallest absolute Gasteiger partial charge is 0.146 e. The molecular formula is C26H26N2O3. The van der Waals surface area contributed by atoms with E-state index < -0.39 is 17.6 Å². The number of nitrogens with zero attached hydrogens (tertiary/aromatic N) is 1. The number of rotatable bonds is 3. The number of nitrogens with one attached hydrogen (secondary N) is 1. The number of aromatic nitrogens is 1. The zero-order valence-electron chi connectivity index (χ0n) is 17.4. The van der Waals surface area contributed by atoms with Crippen LogP contribution < -0.4 is 10.1 Å². The molecular weight excluding hydrogens is 388 g/mol. The second-order valence-corrected chi connectivity index (χ2v) is 9.19. The van der Waals surface area contributed by atoms with E-state index in [0.29, 0.717) is 11.3 Å². The van der Waals surface area contributed by atoms with E-state index in [-0.39, 0.29) is 11.7 Å². The van der Waals surface area contributed by atoms with Crippen molar-refractivity contribution in [2.75, 3.05) is 13.1 Å². The van der Waals surface area contributed by atoms with Crippen LogP contribution in [0.15, 0.2) is 54.7 Å². The van der Waals surface area contributed by atoms with Crippen LogP contribution in [0.25, 0.3) is 22.0 Å². The van der Waals surface area contributed by atoms with E-state index in [1.54, 1.807) is 0 Å². The molecule has 5 nitrogen and oxygen atoms in total. The van der Waals surface area contributed by atoms with Gasteiger partial charge in [0.2, 0.25) is 0 Å². The highest BCUT2D eigenvalue weighted by molar-refractivity contribution is 5.88. The maximum atomic E-state index is 13.3. The van der Waals surface area contributed by atoms with Crippen molar-refractivity contribution < 1.29 is 14.6 Å². The normalized spacial score (nSPS) is 24.5. The number of para-hydroxylation sites is 1. The Labute approximate surface area is 181 Å². The molecule has 2 atom stereocenters. The van der Waals surface area contributed by atoms with E-state index in [0.717, 1.165) is 60.8 Å². The first kappa shape index (κ1) is 19.0. The summed E-state index contributed by atoms with van der Waals surface area (Å²) in [5.41, 5.74) is 3.02. The molecule has 2 N–H and O–H groups in total. The number of carbonyl (C=O) groups is 1. The van der Waals surface area contributed by atoms with Gasteiger partial charge in [-0.15, -0.1) is 0 Å². The molecule has 31 heavy (non-hydrogen) atoms. The molecule has 1 saturated carbocycles. The Bertz CT molecular complexity index is 1160. The van der Waals surface area contributed by atoms with Crippen LogP contribution in [0, 0.1) is 11.8 Å². The molecule has 0 amide bonds. The SMILES string of the molecule is O=C(C1CC1)C1C(O)c2cc(-c3cnc4ccccc4c3)ccc2OC12CCNCC2. The van der Waals surface area contributed by atoms with Gasteiger partial charge in [0, 0.05) is 41.5 Å². The predicted octanol–water partition coefficient (Wildman–Crippen LogP) is 4.05. The maximum Gasteiger partial charge on any atom is 0.146 e. The van der Waals surface area contributed by atoms with E-state index >= 15 is 0 Å². The largest absolute Gasteiger partial charge is 0.486 e. The minimum atomic E-state index is -0.844. The first-order valence-electron chi connectivity index (χ1n) is 11.3. The second-order valence-electron chi connectivity index (χ2n) is 9.19. The summed E-state index contributed by atoms with van der Waals surface area (Å²) in [4.78, 5) is 17.9. The fourth-order valence-electron chi connectivity index (χ4n) is 5.33. The number of pyridine rings is 1. The van der Waals surface area contributed by atoms with Crippen molar-refractivity contribution in [2.24, 2.45) is 11.8 Å². The average Bonchev–Trinajstić information content (AvgIpc) is 3.65. The summed E-state index contributed by atoms with van der Waals surface area (Å²) in [6.45, 7) is 1.61. The van der Waals surface area contributed by atoms with Gasteiger partial charge < -0.3 is 15.2 Å². The van der Waals surface area contributed by atoms with Crippen molar-refractivity contribution in [1.82, 2.24) is 10.3 Å². The zero-order chi connectivity index (χ0) is 21.0. The molecule has 158 valence electrons. The molecule has 2 aromatic carbocycles. The standard InChI is InChI=1S/C26H26N2O3/c29-24(16-5-6-16)23-25(30)20-14-17(19-13-18-3-1-2-4-21(18)28-15-19)7-8-22(20)31-26(23)9-11-27-12-10-26/h1-4,7-8,13-16,23,25,27,30H,5-6,9-12H2. The third-order valence-electron chi connectivity index (χ3n) is 7.18. The Balaban J connectivity index is 1.42. The molecule has 3 aliphatic rings. The van der Waals surface area contributed by atoms with Gasteiger partial charge in [-0.3, -0.25) is 9.78 Å². The topological polar surface area (TPSA) is 71.5 Å². The van der Waals surface area contributed by atoms with Crippen LogP contribution in [0.3, 0.4) is 0 Å². The number of aliphatic hydroxyl groups is 1. The Hall–Kier alpha value is -2.76. The summed E-state index contributed by atoms with van der Waals surface area (Å²) < 4.78 is 6.57. The molecule has 3 heterocycles. The first-order chi connectivity index (χ1) is 15.1. The molecule has 5 heteroatoms. The lowest BCUT2D eigenvalue weighted by Crippen LogP contribution is -2.57. The van der Waals surface area contributed by atoms with Crippen LogP contribution in [-0.4, -0.2) is 34.6 Å². The van der Waals surface area contributed by atoms with Crippen LogP contribution in [0.5, 0.6) is 5.75 Å². The van der Waals surface area contributed by atoms with Gasteiger partial charge in [0.1, 0.15) is 17.1 Å². The van der Waals surface area contributed by atoms with Crippen LogP contribution >= 0.6 is 0 Å². The molecule has 1 aliphatic carbocycles. The van der Waals surface area contributed by atoms with Gasteiger partial charge in [-0.1, -0.05) is 24.3 Å². The summed E-state index contributed by atoms with van der Waals surface area (Å²) in [6, 6.07) is 16.1. The van der Waals surface area contributed by atoms with Crippen molar-refractivity contribution in [2.45, 2.75) is 37.4 Å². The van der Waals surface area contributed by atoms with Crippen molar-refractivity contribution in [3.8, 4) is 16.9 Å². The van der Waals surface area contributed by atoms with Crippen molar-refractivity contribution >= 4 is 16.7 Å². The highest BCUT2D eigenvalue weighted by Gasteiger charge is 2.55. The highest BCUT2D eigenvalue weighted by atomic mass is 16.5. The number of Topliss-reactive ketones (excluding diaryl/α,β-unsaturated/α-hetero) is 1. The first-order valence-corrected chi connectivity index (χ1v) is 11.3. The predicted molar refractivity (Wildman–Crippen MR) is 119 cm³/mol. The van der Waals surface area contributed by atoms with E-state index in [2.05, 4.69) is 16.4 Å². The fourth-order valence-corrected chi connectivity index (χ4v) is 5.33. The van der Waals surface area contributed by atoms with E-state index in [9.17, 15) is 9.90 Å². The zero-order valence-corrected chi connectivity index (χ0v) is 17.4. The van der Waals surface area contributed by atoms with Gasteiger partial charge >= 0.3 is 0 Å². The number of hydrogen-bond acceptors (Lipinski definition) is 5. The summed E-state index contributed by atoms with van der Waals surface area (Å²) >= 11 is 0. The van der Waals surface area contributed by atoms with Crippen molar-refractivity contribution in [1.29, 1.82) is 0 Å². The van der Waals surface area contributed by atoms with E-state index in [1.165, 1.54) is 0 Å². The van der Waals surface area contributed by atoms with Crippen LogP contribution in [-0.2, 0) is 4.79 Å². The Kier molecular flexibility index (Phi) is 4.37. The molecule has 1 spiro atoms. The Morgan fingerprint density at radius 2 is 1.87 bits per heavy atom. The minimum absolute atomic E-state index is 0.0874. The Morgan fingerprint density at radius 3 is 2.68 bits per heavy atom. The van der Waals surface area contributed by atoms with Crippen LogP contribution in [0.2, 0.25) is 0 Å². The number of carbonyl (C=O) groups excluding carboxylic acids is 1. The fraction of sp³-hybridized carbons (Fsp3) is 0.385. The quantitative estimate of drug-likeness (QED) is 0.677. The maximum absolute atomic E-state index is 13.3. The van der Waals surface area contributed by atoms with E-state index in [4.69, 9.17) is 4.74 Å². The molecule has 0 radical (unpaired) electrons. The van der Waals surface area contributed by atoms with E-state index in [1.807, 2.05) is 48.7 Å². The number of hydrogen-bond donors (Lipinski definition) is 2. The number of ketones is 1. The third kappa shape index (κ3) is 3.15.